The van der Waals surface area contributed by atoms with Crippen LogP contribution in [-0.2, 0) is 6.42 Å². The normalized spacial score (nSPS) is 23.1. The summed E-state index contributed by atoms with van der Waals surface area (Å²) < 4.78 is 0. The molecule has 0 bridgehead atoms. The van der Waals surface area contributed by atoms with Crippen molar-refractivity contribution < 1.29 is 4.79 Å². The Labute approximate surface area is 146 Å². The summed E-state index contributed by atoms with van der Waals surface area (Å²) in [7, 11) is 0. The summed E-state index contributed by atoms with van der Waals surface area (Å²) >= 11 is 1.50. The predicted molar refractivity (Wildman–Crippen MR) is 96.5 cm³/mol. The van der Waals surface area contributed by atoms with Gasteiger partial charge in [-0.1, -0.05) is 30.3 Å². The third-order valence-electron chi connectivity index (χ3n) is 5.06. The number of likely N-dealkylation sites (tertiary alicyclic amines) is 1. The molecule has 0 radical (unpaired) electrons. The van der Waals surface area contributed by atoms with Gasteiger partial charge in [0.1, 0.15) is 0 Å². The van der Waals surface area contributed by atoms with Crippen LogP contribution in [0.4, 0.5) is 9.93 Å². The van der Waals surface area contributed by atoms with Gasteiger partial charge in [-0.15, -0.1) is 11.3 Å². The molecule has 0 aliphatic carbocycles. The minimum atomic E-state index is -0.00295. The number of thiazole rings is 1. The van der Waals surface area contributed by atoms with Crippen LogP contribution in [0.15, 0.2) is 35.7 Å². The molecule has 2 aliphatic heterocycles. The van der Waals surface area contributed by atoms with Gasteiger partial charge in [0.25, 0.3) is 0 Å². The first-order valence-corrected chi connectivity index (χ1v) is 9.41. The van der Waals surface area contributed by atoms with E-state index in [0.29, 0.717) is 5.13 Å². The van der Waals surface area contributed by atoms with Crippen molar-refractivity contribution in [3.05, 3.63) is 47.0 Å². The summed E-state index contributed by atoms with van der Waals surface area (Å²) in [6, 6.07) is 10.3. The molecule has 3 heterocycles. The van der Waals surface area contributed by atoms with Crippen molar-refractivity contribution >= 4 is 22.5 Å². The van der Waals surface area contributed by atoms with Crippen molar-refractivity contribution in [3.8, 4) is 0 Å². The molecule has 5 nitrogen and oxygen atoms in total. The van der Waals surface area contributed by atoms with Crippen LogP contribution < -0.4 is 10.6 Å². The highest BCUT2D eigenvalue weighted by molar-refractivity contribution is 7.13. The Hall–Kier alpha value is -1.92. The van der Waals surface area contributed by atoms with Crippen molar-refractivity contribution in [2.45, 2.75) is 31.2 Å². The molecule has 24 heavy (non-hydrogen) atoms. The predicted octanol–water partition coefficient (Wildman–Crippen LogP) is 3.09. The Balaban J connectivity index is 1.41. The number of nitrogens with one attached hydrogen (secondary N) is 2. The smallest absolute Gasteiger partial charge is 0.317 e. The number of benzene rings is 1. The van der Waals surface area contributed by atoms with Crippen molar-refractivity contribution in [2.24, 2.45) is 0 Å². The molecule has 1 aromatic heterocycles. The van der Waals surface area contributed by atoms with Gasteiger partial charge in [0.15, 0.2) is 5.13 Å². The molecule has 1 aromatic carbocycles. The zero-order chi connectivity index (χ0) is 16.4. The molecule has 1 spiro atoms. The third kappa shape index (κ3) is 3.03. The standard InChI is InChI=1S/C18H22N4OS/c23-17(22-10-4-7-18(22)8-9-19-13-18)21-16-20-15(12-24-16)11-14-5-2-1-3-6-14/h1-3,5-6,12,19H,4,7-11,13H2,(H,20,21,23). The summed E-state index contributed by atoms with van der Waals surface area (Å²) in [5.74, 6) is 0. The second-order valence-electron chi connectivity index (χ2n) is 6.64. The van der Waals surface area contributed by atoms with Crippen LogP contribution >= 0.6 is 11.3 Å². The van der Waals surface area contributed by atoms with Gasteiger partial charge >= 0.3 is 6.03 Å². The van der Waals surface area contributed by atoms with Gasteiger partial charge in [-0.2, -0.15) is 0 Å². The van der Waals surface area contributed by atoms with E-state index < -0.39 is 0 Å². The van der Waals surface area contributed by atoms with Crippen LogP contribution in [0.2, 0.25) is 0 Å². The summed E-state index contributed by atoms with van der Waals surface area (Å²) in [6.45, 7) is 2.76. The third-order valence-corrected chi connectivity index (χ3v) is 5.86. The van der Waals surface area contributed by atoms with E-state index >= 15 is 0 Å². The number of anilines is 1. The summed E-state index contributed by atoms with van der Waals surface area (Å²) in [6.07, 6.45) is 4.04. The average molecular weight is 342 g/mol. The Morgan fingerprint density at radius 3 is 3.00 bits per heavy atom. The van der Waals surface area contributed by atoms with Gasteiger partial charge in [0.2, 0.25) is 0 Å². The van der Waals surface area contributed by atoms with E-state index in [-0.39, 0.29) is 11.6 Å². The summed E-state index contributed by atoms with van der Waals surface area (Å²) in [5, 5.41) is 9.13. The van der Waals surface area contributed by atoms with Crippen LogP contribution in [0.5, 0.6) is 0 Å². The molecular weight excluding hydrogens is 320 g/mol. The van der Waals surface area contributed by atoms with Crippen molar-refractivity contribution in [3.63, 3.8) is 0 Å². The molecule has 126 valence electrons. The summed E-state index contributed by atoms with van der Waals surface area (Å²) in [4.78, 5) is 19.3. The molecule has 2 saturated heterocycles. The van der Waals surface area contributed by atoms with E-state index in [2.05, 4.69) is 27.8 Å². The maximum absolute atomic E-state index is 12.7. The maximum Gasteiger partial charge on any atom is 0.324 e. The quantitative estimate of drug-likeness (QED) is 0.901. The van der Waals surface area contributed by atoms with Gasteiger partial charge in [0.05, 0.1) is 11.2 Å². The largest absolute Gasteiger partial charge is 0.324 e. The highest BCUT2D eigenvalue weighted by Crippen LogP contribution is 2.35. The molecular formula is C18H22N4OS. The molecule has 1 atom stereocenters. The second kappa shape index (κ2) is 6.53. The molecule has 2 aromatic rings. The SMILES string of the molecule is O=C(Nc1nc(Cc2ccccc2)cs1)N1CCCC12CCNC2. The molecule has 2 N–H and O–H groups in total. The first-order chi connectivity index (χ1) is 11.8. The number of urea groups is 1. The number of carbonyl (C=O) groups is 1. The van der Waals surface area contributed by atoms with Crippen LogP contribution in [0, 0.1) is 0 Å². The minimum absolute atomic E-state index is 0.00295. The van der Waals surface area contributed by atoms with Gasteiger partial charge in [-0.3, -0.25) is 5.32 Å². The van der Waals surface area contributed by atoms with Gasteiger partial charge < -0.3 is 10.2 Å². The van der Waals surface area contributed by atoms with Crippen molar-refractivity contribution in [1.29, 1.82) is 0 Å². The zero-order valence-electron chi connectivity index (χ0n) is 13.6. The fourth-order valence-corrected chi connectivity index (χ4v) is 4.54. The number of hydrogen-bond acceptors (Lipinski definition) is 4. The van der Waals surface area contributed by atoms with Crippen molar-refractivity contribution in [1.82, 2.24) is 15.2 Å². The molecule has 1 unspecified atom stereocenters. The molecule has 6 heteroatoms. The second-order valence-corrected chi connectivity index (χ2v) is 7.50. The van der Waals surface area contributed by atoms with E-state index in [9.17, 15) is 4.79 Å². The lowest BCUT2D eigenvalue weighted by atomic mass is 9.95. The minimum Gasteiger partial charge on any atom is -0.317 e. The van der Waals surface area contributed by atoms with Gasteiger partial charge in [0, 0.05) is 24.9 Å². The first kappa shape index (κ1) is 15.6. The van der Waals surface area contributed by atoms with Crippen LogP contribution in [0.1, 0.15) is 30.5 Å². The fourth-order valence-electron chi connectivity index (χ4n) is 3.84. The maximum atomic E-state index is 12.7. The van der Waals surface area contributed by atoms with E-state index in [0.717, 1.165) is 51.0 Å². The number of hydrogen-bond donors (Lipinski definition) is 2. The number of amides is 2. The van der Waals surface area contributed by atoms with E-state index in [1.807, 2.05) is 28.5 Å². The number of carbonyl (C=O) groups excluding carboxylic acids is 1. The Kier molecular flexibility index (Phi) is 4.24. The lowest BCUT2D eigenvalue weighted by Crippen LogP contribution is -2.50. The molecule has 2 fully saturated rings. The van der Waals surface area contributed by atoms with Crippen LogP contribution in [-0.4, -0.2) is 41.1 Å². The number of nitrogens with zero attached hydrogens (tertiary/aromatic N) is 2. The van der Waals surface area contributed by atoms with E-state index in [4.69, 9.17) is 0 Å². The number of rotatable bonds is 3. The lowest BCUT2D eigenvalue weighted by Gasteiger charge is -2.34. The highest BCUT2D eigenvalue weighted by atomic mass is 32.1. The Morgan fingerprint density at radius 1 is 1.33 bits per heavy atom. The number of aromatic nitrogens is 1. The van der Waals surface area contributed by atoms with Crippen LogP contribution in [0.3, 0.4) is 0 Å². The molecule has 2 aliphatic rings. The van der Waals surface area contributed by atoms with Crippen molar-refractivity contribution in [2.75, 3.05) is 25.0 Å². The topological polar surface area (TPSA) is 57.3 Å². The lowest BCUT2D eigenvalue weighted by molar-refractivity contribution is 0.168. The first-order valence-electron chi connectivity index (χ1n) is 8.53. The highest BCUT2D eigenvalue weighted by Gasteiger charge is 2.45. The van der Waals surface area contributed by atoms with Gasteiger partial charge in [-0.05, 0) is 31.4 Å². The van der Waals surface area contributed by atoms with E-state index in [1.54, 1.807) is 0 Å². The summed E-state index contributed by atoms with van der Waals surface area (Å²) in [5.41, 5.74) is 2.25. The van der Waals surface area contributed by atoms with Crippen LogP contribution in [0.25, 0.3) is 0 Å². The van der Waals surface area contributed by atoms with Gasteiger partial charge in [-0.25, -0.2) is 9.78 Å². The molecule has 2 amide bonds. The van der Waals surface area contributed by atoms with E-state index in [1.165, 1.54) is 16.9 Å². The molecule has 0 saturated carbocycles. The fraction of sp³-hybridized carbons (Fsp3) is 0.444. The Bertz CT molecular complexity index is 703. The zero-order valence-corrected chi connectivity index (χ0v) is 14.4. The monoisotopic (exact) mass is 342 g/mol. The average Bonchev–Trinajstić information content (AvgIpc) is 3.32. The molecule has 4 rings (SSSR count). The Morgan fingerprint density at radius 2 is 2.21 bits per heavy atom.